The Bertz CT molecular complexity index is 572. The summed E-state index contributed by atoms with van der Waals surface area (Å²) in [6, 6.07) is 6.11. The van der Waals surface area contributed by atoms with E-state index in [0.29, 0.717) is 5.56 Å². The number of halogens is 3. The fourth-order valence-corrected chi connectivity index (χ4v) is 2.96. The Hall–Kier alpha value is -1.61. The minimum absolute atomic E-state index is 0.407. The van der Waals surface area contributed by atoms with E-state index in [2.05, 4.69) is 0 Å². The lowest BCUT2D eigenvalue weighted by molar-refractivity contribution is -0.145. The van der Waals surface area contributed by atoms with Crippen molar-refractivity contribution in [1.29, 1.82) is 0 Å². The van der Waals surface area contributed by atoms with Gasteiger partial charge in [-0.05, 0) is 12.0 Å². The van der Waals surface area contributed by atoms with Gasteiger partial charge in [0.25, 0.3) is 0 Å². The summed E-state index contributed by atoms with van der Waals surface area (Å²) in [6.07, 6.45) is -6.77. The molecule has 0 heterocycles. The maximum atomic E-state index is 12.1. The van der Waals surface area contributed by atoms with Crippen LogP contribution in [-0.2, 0) is 20.6 Å². The highest BCUT2D eigenvalue weighted by molar-refractivity contribution is 7.88. The molecule has 0 bridgehead atoms. The minimum Gasteiger partial charge on any atom is -0.480 e. The molecule has 9 heteroatoms. The zero-order valence-electron chi connectivity index (χ0n) is 10.8. The molecule has 0 aliphatic heterocycles. The number of alkyl halides is 3. The van der Waals surface area contributed by atoms with Crippen molar-refractivity contribution in [1.82, 2.24) is 4.72 Å². The van der Waals surface area contributed by atoms with Crippen molar-refractivity contribution in [3.8, 4) is 0 Å². The summed E-state index contributed by atoms with van der Waals surface area (Å²) < 4.78 is 61.6. The first-order valence-electron chi connectivity index (χ1n) is 5.92. The Morgan fingerprint density at radius 1 is 1.24 bits per heavy atom. The first kappa shape index (κ1) is 17.4. The molecule has 118 valence electrons. The van der Waals surface area contributed by atoms with Crippen LogP contribution in [0.5, 0.6) is 0 Å². The number of benzene rings is 1. The zero-order chi connectivity index (χ0) is 16.1. The fraction of sp³-hybridized carbons (Fsp3) is 0.417. The van der Waals surface area contributed by atoms with Gasteiger partial charge in [-0.25, -0.2) is 13.1 Å². The van der Waals surface area contributed by atoms with Crippen molar-refractivity contribution in [2.24, 2.45) is 0 Å². The van der Waals surface area contributed by atoms with Crippen LogP contribution in [0.15, 0.2) is 30.3 Å². The topological polar surface area (TPSA) is 83.5 Å². The number of aliphatic carboxylic acids is 1. The summed E-state index contributed by atoms with van der Waals surface area (Å²) in [5.41, 5.74) is 0.407. The van der Waals surface area contributed by atoms with E-state index in [0.717, 1.165) is 0 Å². The molecule has 0 saturated carbocycles. The number of carboxylic acids is 1. The van der Waals surface area contributed by atoms with E-state index >= 15 is 0 Å². The second kappa shape index (κ2) is 6.90. The van der Waals surface area contributed by atoms with E-state index in [4.69, 9.17) is 5.11 Å². The molecular formula is C12H14F3NO4S. The smallest absolute Gasteiger partial charge is 0.389 e. The highest BCUT2D eigenvalue weighted by Crippen LogP contribution is 2.22. The monoisotopic (exact) mass is 325 g/mol. The molecule has 0 amide bonds. The third-order valence-corrected chi connectivity index (χ3v) is 3.89. The first-order valence-corrected chi connectivity index (χ1v) is 7.58. The van der Waals surface area contributed by atoms with Crippen LogP contribution in [-0.4, -0.2) is 31.7 Å². The Morgan fingerprint density at radius 2 is 1.81 bits per heavy atom. The molecule has 0 aromatic heterocycles. The van der Waals surface area contributed by atoms with Crippen LogP contribution >= 0.6 is 0 Å². The Morgan fingerprint density at radius 3 is 2.29 bits per heavy atom. The lowest BCUT2D eigenvalue weighted by atomic mass is 10.2. The van der Waals surface area contributed by atoms with Crippen molar-refractivity contribution in [3.05, 3.63) is 35.9 Å². The maximum absolute atomic E-state index is 12.1. The quantitative estimate of drug-likeness (QED) is 0.802. The lowest BCUT2D eigenvalue weighted by Crippen LogP contribution is -2.41. The third-order valence-electron chi connectivity index (χ3n) is 2.54. The van der Waals surface area contributed by atoms with Crippen LogP contribution in [0.25, 0.3) is 0 Å². The number of nitrogens with one attached hydrogen (secondary N) is 1. The van der Waals surface area contributed by atoms with Crippen LogP contribution < -0.4 is 4.72 Å². The average Bonchev–Trinajstić information content (AvgIpc) is 2.33. The van der Waals surface area contributed by atoms with Crippen molar-refractivity contribution in [3.63, 3.8) is 0 Å². The predicted molar refractivity (Wildman–Crippen MR) is 68.9 cm³/mol. The molecule has 1 rings (SSSR count). The average molecular weight is 325 g/mol. The summed E-state index contributed by atoms with van der Waals surface area (Å²) in [5, 5.41) is 8.81. The molecule has 0 aliphatic rings. The van der Waals surface area contributed by atoms with E-state index in [1.54, 1.807) is 22.9 Å². The SMILES string of the molecule is O=C(O)[C@H](CCC(F)(F)F)NS(=O)(=O)Cc1ccccc1. The summed E-state index contributed by atoms with van der Waals surface area (Å²) in [5.74, 6) is -2.14. The molecule has 0 spiro atoms. The number of carbonyl (C=O) groups is 1. The number of hydrogen-bond acceptors (Lipinski definition) is 3. The number of sulfonamides is 1. The van der Waals surface area contributed by atoms with Gasteiger partial charge in [0.15, 0.2) is 0 Å². The number of rotatable bonds is 7. The van der Waals surface area contributed by atoms with Gasteiger partial charge >= 0.3 is 12.1 Å². The number of hydrogen-bond donors (Lipinski definition) is 2. The van der Waals surface area contributed by atoms with Crippen LogP contribution in [0.3, 0.4) is 0 Å². The van der Waals surface area contributed by atoms with Gasteiger partial charge in [0.1, 0.15) is 6.04 Å². The predicted octanol–water partition coefficient (Wildman–Crippen LogP) is 1.90. The molecule has 0 fully saturated rings. The standard InChI is InChI=1S/C12H14F3NO4S/c13-12(14,15)7-6-10(11(17)18)16-21(19,20)8-9-4-2-1-3-5-9/h1-5,10,16H,6-8H2,(H,17,18)/t10-/m0/s1. The summed E-state index contributed by atoms with van der Waals surface area (Å²) in [6.45, 7) is 0. The van der Waals surface area contributed by atoms with Gasteiger partial charge in [-0.15, -0.1) is 0 Å². The normalized spacial score (nSPS) is 13.9. The third kappa shape index (κ3) is 7.09. The second-order valence-electron chi connectivity index (χ2n) is 4.41. The van der Waals surface area contributed by atoms with E-state index in [1.807, 2.05) is 0 Å². The van der Waals surface area contributed by atoms with Gasteiger partial charge < -0.3 is 5.11 Å². The van der Waals surface area contributed by atoms with Crippen molar-refractivity contribution >= 4 is 16.0 Å². The van der Waals surface area contributed by atoms with Crippen LogP contribution in [0, 0.1) is 0 Å². The molecule has 21 heavy (non-hydrogen) atoms. The summed E-state index contributed by atoms with van der Waals surface area (Å²) in [4.78, 5) is 10.9. The maximum Gasteiger partial charge on any atom is 0.389 e. The molecule has 5 nitrogen and oxygen atoms in total. The van der Waals surface area contributed by atoms with Crippen molar-refractivity contribution < 1.29 is 31.5 Å². The number of carboxylic acid groups (broad SMARTS) is 1. The molecule has 2 N–H and O–H groups in total. The molecule has 1 atom stereocenters. The summed E-state index contributed by atoms with van der Waals surface area (Å²) >= 11 is 0. The van der Waals surface area contributed by atoms with Gasteiger partial charge in [-0.2, -0.15) is 13.2 Å². The Labute approximate surface area is 119 Å². The Balaban J connectivity index is 2.71. The zero-order valence-corrected chi connectivity index (χ0v) is 11.6. The van der Waals surface area contributed by atoms with E-state index < -0.39 is 46.8 Å². The van der Waals surface area contributed by atoms with E-state index in [1.165, 1.54) is 12.1 Å². The van der Waals surface area contributed by atoms with Crippen molar-refractivity contribution in [2.45, 2.75) is 30.8 Å². The molecule has 1 aromatic rings. The highest BCUT2D eigenvalue weighted by Gasteiger charge is 2.32. The molecule has 1 aromatic carbocycles. The van der Waals surface area contributed by atoms with Gasteiger partial charge in [-0.3, -0.25) is 4.79 Å². The highest BCUT2D eigenvalue weighted by atomic mass is 32.2. The molecule has 0 radical (unpaired) electrons. The molecule has 0 saturated heterocycles. The lowest BCUT2D eigenvalue weighted by Gasteiger charge is -2.15. The molecule has 0 aliphatic carbocycles. The van der Waals surface area contributed by atoms with E-state index in [9.17, 15) is 26.4 Å². The summed E-state index contributed by atoms with van der Waals surface area (Å²) in [7, 11) is -4.04. The Kier molecular flexibility index (Phi) is 5.73. The molecular weight excluding hydrogens is 311 g/mol. The van der Waals surface area contributed by atoms with Gasteiger partial charge in [-0.1, -0.05) is 30.3 Å². The first-order chi connectivity index (χ1) is 9.59. The van der Waals surface area contributed by atoms with Gasteiger partial charge in [0.05, 0.1) is 5.75 Å². The molecule has 0 unspecified atom stereocenters. The van der Waals surface area contributed by atoms with Crippen LogP contribution in [0.4, 0.5) is 13.2 Å². The van der Waals surface area contributed by atoms with Crippen molar-refractivity contribution in [2.75, 3.05) is 0 Å². The van der Waals surface area contributed by atoms with E-state index in [-0.39, 0.29) is 0 Å². The fourth-order valence-electron chi connectivity index (χ4n) is 1.59. The van der Waals surface area contributed by atoms with Gasteiger partial charge in [0, 0.05) is 6.42 Å². The largest absolute Gasteiger partial charge is 0.480 e. The van der Waals surface area contributed by atoms with Crippen LogP contribution in [0.2, 0.25) is 0 Å². The minimum atomic E-state index is -4.54. The van der Waals surface area contributed by atoms with Gasteiger partial charge in [0.2, 0.25) is 10.0 Å². The second-order valence-corrected chi connectivity index (χ2v) is 6.16. The van der Waals surface area contributed by atoms with Crippen LogP contribution in [0.1, 0.15) is 18.4 Å².